The first kappa shape index (κ1) is 14.1. The number of hydrogen-bond donors (Lipinski definition) is 2. The van der Waals surface area contributed by atoms with E-state index in [2.05, 4.69) is 10.3 Å². The summed E-state index contributed by atoms with van der Waals surface area (Å²) in [5.41, 5.74) is 2.49. The Balaban J connectivity index is 1.86. The molecule has 4 heteroatoms. The number of pyridine rings is 1. The number of amides is 1. The lowest BCUT2D eigenvalue weighted by Crippen LogP contribution is -2.22. The Labute approximate surface area is 128 Å². The Bertz CT molecular complexity index is 829. The zero-order chi connectivity index (χ0) is 15.5. The maximum absolute atomic E-state index is 12.3. The standard InChI is InChI=1S/C18H16N2O2/c1-12-7-8-14-9-10-15(17(21)16(14)20-12)18(22)19-11-13-5-3-2-4-6-13/h2-10,21H,11H2,1H3,(H,19,22). The number of aromatic hydroxyl groups is 1. The molecule has 4 nitrogen and oxygen atoms in total. The lowest BCUT2D eigenvalue weighted by atomic mass is 10.1. The van der Waals surface area contributed by atoms with Crippen molar-refractivity contribution in [2.75, 3.05) is 0 Å². The number of aromatic nitrogens is 1. The molecule has 3 rings (SSSR count). The molecule has 0 fully saturated rings. The van der Waals surface area contributed by atoms with E-state index < -0.39 is 0 Å². The molecule has 110 valence electrons. The van der Waals surface area contributed by atoms with E-state index in [1.807, 2.05) is 49.4 Å². The number of nitrogens with one attached hydrogen (secondary N) is 1. The maximum Gasteiger partial charge on any atom is 0.255 e. The van der Waals surface area contributed by atoms with Gasteiger partial charge >= 0.3 is 0 Å². The highest BCUT2D eigenvalue weighted by atomic mass is 16.3. The van der Waals surface area contributed by atoms with Gasteiger partial charge in [0, 0.05) is 17.6 Å². The quantitative estimate of drug-likeness (QED) is 0.779. The number of nitrogens with zero attached hydrogens (tertiary/aromatic N) is 1. The van der Waals surface area contributed by atoms with Crippen molar-refractivity contribution < 1.29 is 9.90 Å². The van der Waals surface area contributed by atoms with Gasteiger partial charge in [0.2, 0.25) is 0 Å². The van der Waals surface area contributed by atoms with Crippen LogP contribution in [0.1, 0.15) is 21.6 Å². The number of hydrogen-bond acceptors (Lipinski definition) is 3. The average Bonchev–Trinajstić information content (AvgIpc) is 2.54. The largest absolute Gasteiger partial charge is 0.505 e. The van der Waals surface area contributed by atoms with E-state index in [1.165, 1.54) is 0 Å². The highest BCUT2D eigenvalue weighted by Crippen LogP contribution is 2.27. The van der Waals surface area contributed by atoms with Gasteiger partial charge in [-0.1, -0.05) is 42.5 Å². The van der Waals surface area contributed by atoms with Gasteiger partial charge in [0.05, 0.1) is 5.56 Å². The van der Waals surface area contributed by atoms with E-state index in [-0.39, 0.29) is 17.2 Å². The minimum atomic E-state index is -0.313. The van der Waals surface area contributed by atoms with Crippen LogP contribution in [0.25, 0.3) is 10.9 Å². The van der Waals surface area contributed by atoms with Crippen molar-refractivity contribution in [3.63, 3.8) is 0 Å². The molecule has 0 atom stereocenters. The fourth-order valence-electron chi connectivity index (χ4n) is 2.33. The van der Waals surface area contributed by atoms with Crippen LogP contribution < -0.4 is 5.32 Å². The minimum Gasteiger partial charge on any atom is -0.505 e. The van der Waals surface area contributed by atoms with Gasteiger partial charge in [-0.05, 0) is 24.6 Å². The molecule has 0 spiro atoms. The van der Waals surface area contributed by atoms with Crippen molar-refractivity contribution in [3.05, 3.63) is 71.4 Å². The number of phenols is 1. The zero-order valence-electron chi connectivity index (χ0n) is 12.2. The van der Waals surface area contributed by atoms with Crippen LogP contribution in [0.15, 0.2) is 54.6 Å². The number of benzene rings is 2. The lowest BCUT2D eigenvalue weighted by molar-refractivity contribution is 0.0948. The zero-order valence-corrected chi connectivity index (χ0v) is 12.2. The molecule has 0 radical (unpaired) electrons. The van der Waals surface area contributed by atoms with Crippen molar-refractivity contribution in [2.45, 2.75) is 13.5 Å². The molecule has 0 aliphatic heterocycles. The number of carbonyl (C=O) groups excluding carboxylic acids is 1. The molecule has 0 unspecified atom stereocenters. The summed E-state index contributed by atoms with van der Waals surface area (Å²) in [5.74, 6) is -0.390. The lowest BCUT2D eigenvalue weighted by Gasteiger charge is -2.09. The Morgan fingerprint density at radius 1 is 1.09 bits per heavy atom. The molecule has 0 saturated carbocycles. The second-order valence-corrected chi connectivity index (χ2v) is 5.15. The summed E-state index contributed by atoms with van der Waals surface area (Å²) in [6.45, 7) is 2.26. The third-order valence-electron chi connectivity index (χ3n) is 3.52. The van der Waals surface area contributed by atoms with E-state index in [1.54, 1.807) is 12.1 Å². The molecule has 3 aromatic rings. The first-order valence-corrected chi connectivity index (χ1v) is 7.06. The Hall–Kier alpha value is -2.88. The fourth-order valence-corrected chi connectivity index (χ4v) is 2.33. The second kappa shape index (κ2) is 5.85. The molecule has 0 aliphatic rings. The number of aryl methyl sites for hydroxylation is 1. The molecular weight excluding hydrogens is 276 g/mol. The van der Waals surface area contributed by atoms with E-state index in [0.717, 1.165) is 16.6 Å². The van der Waals surface area contributed by atoms with Gasteiger partial charge in [-0.15, -0.1) is 0 Å². The smallest absolute Gasteiger partial charge is 0.255 e. The van der Waals surface area contributed by atoms with E-state index in [0.29, 0.717) is 12.1 Å². The molecule has 0 bridgehead atoms. The summed E-state index contributed by atoms with van der Waals surface area (Å²) >= 11 is 0. The monoisotopic (exact) mass is 292 g/mol. The molecule has 1 aromatic heterocycles. The van der Waals surface area contributed by atoms with E-state index in [9.17, 15) is 9.90 Å². The third kappa shape index (κ3) is 2.76. The van der Waals surface area contributed by atoms with Crippen LogP contribution in [0.4, 0.5) is 0 Å². The van der Waals surface area contributed by atoms with Crippen LogP contribution in [-0.2, 0) is 6.54 Å². The van der Waals surface area contributed by atoms with Gasteiger partial charge in [0.25, 0.3) is 5.91 Å². The number of rotatable bonds is 3. The molecular formula is C18H16N2O2. The van der Waals surface area contributed by atoms with Crippen LogP contribution in [0.5, 0.6) is 5.75 Å². The third-order valence-corrected chi connectivity index (χ3v) is 3.52. The van der Waals surface area contributed by atoms with Crippen molar-refractivity contribution in [3.8, 4) is 5.75 Å². The van der Waals surface area contributed by atoms with Crippen molar-refractivity contribution in [1.29, 1.82) is 0 Å². The van der Waals surface area contributed by atoms with Crippen LogP contribution >= 0.6 is 0 Å². The first-order chi connectivity index (χ1) is 10.6. The normalized spacial score (nSPS) is 10.6. The summed E-state index contributed by atoms with van der Waals surface area (Å²) in [7, 11) is 0. The topological polar surface area (TPSA) is 62.2 Å². The Morgan fingerprint density at radius 2 is 1.82 bits per heavy atom. The summed E-state index contributed by atoms with van der Waals surface area (Å²) in [6.07, 6.45) is 0. The molecule has 1 amide bonds. The summed E-state index contributed by atoms with van der Waals surface area (Å²) in [6, 6.07) is 16.8. The number of phenolic OH excluding ortho intramolecular Hbond substituents is 1. The van der Waals surface area contributed by atoms with E-state index >= 15 is 0 Å². The molecule has 0 aliphatic carbocycles. The molecule has 2 aromatic carbocycles. The van der Waals surface area contributed by atoms with Crippen molar-refractivity contribution >= 4 is 16.8 Å². The fraction of sp³-hybridized carbons (Fsp3) is 0.111. The minimum absolute atomic E-state index is 0.0771. The van der Waals surface area contributed by atoms with Crippen LogP contribution in [0, 0.1) is 6.92 Å². The van der Waals surface area contributed by atoms with Crippen LogP contribution in [-0.4, -0.2) is 16.0 Å². The highest BCUT2D eigenvalue weighted by molar-refractivity contribution is 6.02. The first-order valence-electron chi connectivity index (χ1n) is 7.06. The van der Waals surface area contributed by atoms with Gasteiger partial charge in [-0.25, -0.2) is 4.98 Å². The van der Waals surface area contributed by atoms with Gasteiger partial charge in [-0.2, -0.15) is 0 Å². The average molecular weight is 292 g/mol. The van der Waals surface area contributed by atoms with Gasteiger partial charge in [0.15, 0.2) is 5.75 Å². The van der Waals surface area contributed by atoms with Crippen LogP contribution in [0.3, 0.4) is 0 Å². The van der Waals surface area contributed by atoms with Crippen molar-refractivity contribution in [1.82, 2.24) is 10.3 Å². The molecule has 2 N–H and O–H groups in total. The van der Waals surface area contributed by atoms with Gasteiger partial charge in [0.1, 0.15) is 5.52 Å². The Morgan fingerprint density at radius 3 is 2.59 bits per heavy atom. The number of carbonyl (C=O) groups is 1. The summed E-state index contributed by atoms with van der Waals surface area (Å²) in [5, 5.41) is 13.9. The maximum atomic E-state index is 12.3. The van der Waals surface area contributed by atoms with E-state index in [4.69, 9.17) is 0 Å². The highest BCUT2D eigenvalue weighted by Gasteiger charge is 2.14. The van der Waals surface area contributed by atoms with Gasteiger partial charge < -0.3 is 10.4 Å². The summed E-state index contributed by atoms with van der Waals surface area (Å²) < 4.78 is 0. The van der Waals surface area contributed by atoms with Crippen molar-refractivity contribution in [2.24, 2.45) is 0 Å². The molecule has 22 heavy (non-hydrogen) atoms. The molecule has 0 saturated heterocycles. The predicted molar refractivity (Wildman–Crippen MR) is 85.8 cm³/mol. The Kier molecular flexibility index (Phi) is 3.74. The van der Waals surface area contributed by atoms with Gasteiger partial charge in [-0.3, -0.25) is 4.79 Å². The van der Waals surface area contributed by atoms with Crippen LogP contribution in [0.2, 0.25) is 0 Å². The summed E-state index contributed by atoms with van der Waals surface area (Å²) in [4.78, 5) is 16.6. The second-order valence-electron chi connectivity index (χ2n) is 5.15. The number of fused-ring (bicyclic) bond motifs is 1. The SMILES string of the molecule is Cc1ccc2ccc(C(=O)NCc3ccccc3)c(O)c2n1. The molecule has 1 heterocycles. The predicted octanol–water partition coefficient (Wildman–Crippen LogP) is 3.18.